The topological polar surface area (TPSA) is 392 Å². The fourth-order valence-corrected chi connectivity index (χ4v) is 7.16. The van der Waals surface area contributed by atoms with Crippen LogP contribution in [0.1, 0.15) is 11.1 Å². The summed E-state index contributed by atoms with van der Waals surface area (Å²) in [4.78, 5) is 14.2. The van der Waals surface area contributed by atoms with Crippen molar-refractivity contribution in [2.45, 2.75) is 33.4 Å². The number of H-pyrrole nitrogens is 2. The van der Waals surface area contributed by atoms with Gasteiger partial charge in [-0.2, -0.15) is 48.9 Å². The van der Waals surface area contributed by atoms with Crippen LogP contribution in [0.2, 0.25) is 5.28 Å². The van der Waals surface area contributed by atoms with Gasteiger partial charge in [0.25, 0.3) is 46.5 Å². The average Bonchev–Trinajstić information content (AvgIpc) is 3.09. The predicted molar refractivity (Wildman–Crippen MR) is 228 cm³/mol. The summed E-state index contributed by atoms with van der Waals surface area (Å²) >= 11 is 6.08. The molecule has 0 aliphatic rings. The van der Waals surface area contributed by atoms with Crippen molar-refractivity contribution in [1.82, 2.24) is 15.0 Å². The van der Waals surface area contributed by atoms with Gasteiger partial charge in [-0.25, -0.2) is 9.98 Å². The molecule has 0 saturated heterocycles. The van der Waals surface area contributed by atoms with Crippen LogP contribution in [0.4, 0.5) is 39.8 Å². The third kappa shape index (κ3) is 16.3. The number of azo groups is 2. The number of rotatable bonds is 11. The largest absolute Gasteiger partial charge is 0.481 e. The first-order valence-corrected chi connectivity index (χ1v) is 21.7. The van der Waals surface area contributed by atoms with Gasteiger partial charge in [-0.05, 0) is 103 Å². The minimum absolute atomic E-state index is 0. The van der Waals surface area contributed by atoms with Crippen molar-refractivity contribution in [2.24, 2.45) is 30.4 Å². The number of benzene rings is 4. The van der Waals surface area contributed by atoms with Crippen molar-refractivity contribution >= 4 is 216 Å². The Bertz CT molecular complexity index is 3250. The van der Waals surface area contributed by atoms with Gasteiger partial charge in [-0.15, -0.1) is 10.2 Å². The molecule has 5 rings (SSSR count). The molecular weight excluding hydrogens is 978 g/mol. The Morgan fingerprint density at radius 3 is 1.54 bits per heavy atom. The van der Waals surface area contributed by atoms with Gasteiger partial charge in [0, 0.05) is 118 Å². The van der Waals surface area contributed by atoms with Crippen molar-refractivity contribution in [2.75, 3.05) is 5.32 Å². The minimum Gasteiger partial charge on any atom is -0.481 e. The molecule has 0 unspecified atom stereocenters. The molecule has 0 fully saturated rings. The molecule has 1 heterocycles. The van der Waals surface area contributed by atoms with Crippen LogP contribution in [0.15, 0.2) is 117 Å². The van der Waals surface area contributed by atoms with Crippen LogP contribution in [0.5, 0.6) is 0 Å². The summed E-state index contributed by atoms with van der Waals surface area (Å²) in [6, 6.07) is 10.4. The van der Waals surface area contributed by atoms with Gasteiger partial charge in [0.1, 0.15) is 21.2 Å². The summed E-state index contributed by atoms with van der Waals surface area (Å²) in [6.45, 7) is 3.20. The number of amidine groups is 1. The zero-order valence-corrected chi connectivity index (χ0v) is 45.5. The molecule has 5 aromatic rings. The normalized spacial score (nSPS) is 12.6. The number of aromatic nitrogens is 3. The number of anilines is 1. The van der Waals surface area contributed by atoms with Crippen LogP contribution < -0.4 is 16.6 Å². The molecule has 63 heavy (non-hydrogen) atoms. The first-order valence-electron chi connectivity index (χ1n) is 15.5. The van der Waals surface area contributed by atoms with Crippen LogP contribution in [0.25, 0.3) is 0 Å². The molecule has 0 aliphatic heterocycles. The first kappa shape index (κ1) is 58.9. The number of aliphatic hydroxyl groups is 1. The summed E-state index contributed by atoms with van der Waals surface area (Å²) in [7, 11) is -19.4. The first-order chi connectivity index (χ1) is 27.3. The molecule has 4 aromatic carbocycles. The van der Waals surface area contributed by atoms with Gasteiger partial charge in [0.2, 0.25) is 16.5 Å². The molecule has 9 N–H and O–H groups in total. The monoisotopic (exact) mass is 1000 g/mol. The Morgan fingerprint density at radius 1 is 0.603 bits per heavy atom. The van der Waals surface area contributed by atoms with Gasteiger partial charge in [-0.3, -0.25) is 28.6 Å². The van der Waals surface area contributed by atoms with Crippen LogP contribution in [0, 0.1) is 19.3 Å². The third-order valence-electron chi connectivity index (χ3n) is 7.41. The summed E-state index contributed by atoms with van der Waals surface area (Å²) in [5, 5.41) is 35.5. The number of nitrogens with zero attached hydrogens (tertiary/aromatic N) is 7. The maximum absolute atomic E-state index is 11.9. The SMILES string of the molecule is Cc1cc(N=Nc2cc(S(=O)(=O)O)ccc2S(=O)(=O)O)c(C)cc1N=Nc1ccc(N=c2nc(Cl)[nH]c(=Nc3cc(S(=O)(=O)O)ccc3S(=O)(=O)O)[nH]2)cc1NC(=N)O.[Na].[Na].[Na].[Na]. The molecule has 33 heteroatoms. The van der Waals surface area contributed by atoms with Gasteiger partial charge < -0.3 is 15.4 Å². The number of nitrogens with one attached hydrogen (secondary N) is 4. The Balaban J connectivity index is 0.00000496. The van der Waals surface area contributed by atoms with Crippen molar-refractivity contribution in [3.63, 3.8) is 0 Å². The van der Waals surface area contributed by atoms with E-state index >= 15 is 0 Å². The number of aromatic amines is 2. The van der Waals surface area contributed by atoms with Crippen LogP contribution >= 0.6 is 11.6 Å². The molecule has 0 aliphatic carbocycles. The Morgan fingerprint density at radius 2 is 1.06 bits per heavy atom. The zero-order chi connectivity index (χ0) is 43.7. The smallest absolute Gasteiger partial charge is 0.296 e. The van der Waals surface area contributed by atoms with E-state index in [0.717, 1.165) is 18.2 Å². The maximum atomic E-state index is 11.9. The fraction of sp³-hybridized carbons (Fsp3) is 0.0667. The molecule has 314 valence electrons. The Kier molecular flexibility index (Phi) is 22.0. The standard InChI is InChI=1S/C30H26ClN11O13S4.4Na/c1-14-10-21(41-42-24-13-18(57(47,48)49)5-8-26(24)59(53,54)55)15(2)9-20(14)40-39-19-6-3-16(11-22(19)34-28(32)43)33-29-36-27(31)37-30(38-29)35-23-12-17(56(44,45)46)4-7-25(23)58(50,51)52;;;;/h3-13H,1-2H3,(H3,32,34,43)(H,44,45,46)(H,47,48,49)(H,50,51,52)(H,53,54,55)(H2,33,35,36,37,38);;;;. The summed E-state index contributed by atoms with van der Waals surface area (Å²) < 4.78 is 132. The summed E-state index contributed by atoms with van der Waals surface area (Å²) in [5.41, 5.74) is -0.318. The van der Waals surface area contributed by atoms with Gasteiger partial charge in [0.05, 0.1) is 38.2 Å². The summed E-state index contributed by atoms with van der Waals surface area (Å²) in [5.74, 6) is 0. The van der Waals surface area contributed by atoms with E-state index in [1.54, 1.807) is 13.8 Å². The number of aliphatic hydroxyl groups excluding tert-OH is 1. The van der Waals surface area contributed by atoms with E-state index in [0.29, 0.717) is 29.3 Å². The van der Waals surface area contributed by atoms with E-state index in [4.69, 9.17) is 17.0 Å². The molecule has 1 aromatic heterocycles. The molecular formula is C30H26ClN11Na4O13S4. The molecule has 0 atom stereocenters. The van der Waals surface area contributed by atoms with E-state index in [1.165, 1.54) is 30.3 Å². The van der Waals surface area contributed by atoms with Crippen LogP contribution in [-0.4, -0.2) is 196 Å². The molecule has 0 bridgehead atoms. The van der Waals surface area contributed by atoms with Gasteiger partial charge in [0.15, 0.2) is 0 Å². The molecule has 0 spiro atoms. The van der Waals surface area contributed by atoms with E-state index in [1.807, 2.05) is 0 Å². The van der Waals surface area contributed by atoms with E-state index in [-0.39, 0.29) is 163 Å². The molecule has 4 radical (unpaired) electrons. The van der Waals surface area contributed by atoms with Crippen molar-refractivity contribution < 1.29 is 57.0 Å². The fourth-order valence-electron chi connectivity index (χ4n) is 4.78. The molecule has 24 nitrogen and oxygen atoms in total. The Labute approximate surface area is 451 Å². The third-order valence-corrected chi connectivity index (χ3v) is 11.1. The predicted octanol–water partition coefficient (Wildman–Crippen LogP) is 3.67. The second-order valence-corrected chi connectivity index (χ2v) is 17.7. The number of aryl methyl sites for hydroxylation is 2. The Hall–Kier alpha value is -2.11. The van der Waals surface area contributed by atoms with E-state index in [2.05, 4.69) is 50.7 Å². The second-order valence-electron chi connectivity index (χ2n) is 11.7. The zero-order valence-electron chi connectivity index (χ0n) is 33.5. The van der Waals surface area contributed by atoms with Crippen LogP contribution in [0.3, 0.4) is 0 Å². The van der Waals surface area contributed by atoms with Crippen LogP contribution in [-0.2, 0) is 40.5 Å². The molecule has 0 amide bonds. The van der Waals surface area contributed by atoms with E-state index in [9.17, 15) is 57.0 Å². The average molecular weight is 1000 g/mol. The number of hydrogen-bond acceptors (Lipinski definition) is 16. The number of halogens is 1. The minimum atomic E-state index is -4.94. The van der Waals surface area contributed by atoms with E-state index < -0.39 is 77.5 Å². The number of hydrogen-bond donors (Lipinski definition) is 9. The van der Waals surface area contributed by atoms with Crippen molar-refractivity contribution in [3.05, 3.63) is 94.4 Å². The summed E-state index contributed by atoms with van der Waals surface area (Å²) in [6.07, 6.45) is 0. The quantitative estimate of drug-likeness (QED) is 0.0300. The van der Waals surface area contributed by atoms with Crippen molar-refractivity contribution in [1.29, 1.82) is 5.41 Å². The van der Waals surface area contributed by atoms with Crippen molar-refractivity contribution in [3.8, 4) is 0 Å². The second kappa shape index (κ2) is 23.6. The van der Waals surface area contributed by atoms with Gasteiger partial charge >= 0.3 is 0 Å². The van der Waals surface area contributed by atoms with Gasteiger partial charge in [-0.1, -0.05) is 0 Å². The maximum Gasteiger partial charge on any atom is 0.296 e. The molecule has 0 saturated carbocycles.